The van der Waals surface area contributed by atoms with Crippen molar-refractivity contribution in [3.8, 4) is 0 Å². The molecule has 0 saturated carbocycles. The Hall–Kier alpha value is -1.79. The Labute approximate surface area is 116 Å². The van der Waals surface area contributed by atoms with Crippen molar-refractivity contribution in [2.75, 3.05) is 10.5 Å². The zero-order valence-electron chi connectivity index (χ0n) is 10.1. The number of nitrogens with two attached hydrogens (primary N) is 1. The summed E-state index contributed by atoms with van der Waals surface area (Å²) < 4.78 is 26.8. The third-order valence-corrected chi connectivity index (χ3v) is 4.19. The van der Waals surface area contributed by atoms with Crippen molar-refractivity contribution in [1.29, 1.82) is 0 Å². The van der Waals surface area contributed by atoms with Crippen LogP contribution in [0.3, 0.4) is 0 Å². The van der Waals surface area contributed by atoms with Crippen LogP contribution in [-0.2, 0) is 10.0 Å². The minimum absolute atomic E-state index is 0.165. The quantitative estimate of drug-likeness (QED) is 0.852. The Kier molecular flexibility index (Phi) is 3.64. The van der Waals surface area contributed by atoms with Gasteiger partial charge in [0, 0.05) is 11.9 Å². The maximum absolute atomic E-state index is 12.2. The Morgan fingerprint density at radius 3 is 2.58 bits per heavy atom. The highest BCUT2D eigenvalue weighted by molar-refractivity contribution is 7.92. The van der Waals surface area contributed by atoms with E-state index in [0.29, 0.717) is 16.3 Å². The first kappa shape index (κ1) is 13.6. The molecule has 0 aliphatic rings. The Morgan fingerprint density at radius 2 is 2.00 bits per heavy atom. The van der Waals surface area contributed by atoms with Crippen molar-refractivity contribution in [3.05, 3.63) is 47.1 Å². The van der Waals surface area contributed by atoms with E-state index in [2.05, 4.69) is 9.71 Å². The number of benzene rings is 1. The monoisotopic (exact) mass is 297 g/mol. The molecule has 0 amide bonds. The van der Waals surface area contributed by atoms with Crippen molar-refractivity contribution >= 4 is 33.1 Å². The van der Waals surface area contributed by atoms with Crippen LogP contribution in [0.25, 0.3) is 0 Å². The summed E-state index contributed by atoms with van der Waals surface area (Å²) in [5.41, 5.74) is 6.68. The molecule has 100 valence electrons. The minimum atomic E-state index is -3.68. The van der Waals surface area contributed by atoms with Gasteiger partial charge in [0.25, 0.3) is 10.0 Å². The summed E-state index contributed by atoms with van der Waals surface area (Å²) in [6.45, 7) is 1.68. The van der Waals surface area contributed by atoms with E-state index in [1.54, 1.807) is 19.1 Å². The molecule has 0 saturated heterocycles. The van der Waals surface area contributed by atoms with E-state index >= 15 is 0 Å². The number of aryl methyl sites for hydroxylation is 1. The molecule has 0 radical (unpaired) electrons. The smallest absolute Gasteiger partial charge is 0.263 e. The van der Waals surface area contributed by atoms with Crippen LogP contribution in [0.4, 0.5) is 11.5 Å². The topological polar surface area (TPSA) is 85.1 Å². The lowest BCUT2D eigenvalue weighted by molar-refractivity contribution is 0.600. The number of sulfonamides is 1. The SMILES string of the molecule is Cc1cc(N)ccc1S(=O)(=O)Nc1ccc(Cl)cn1. The minimum Gasteiger partial charge on any atom is -0.399 e. The summed E-state index contributed by atoms with van der Waals surface area (Å²) in [7, 11) is -3.68. The van der Waals surface area contributed by atoms with Gasteiger partial charge in [-0.3, -0.25) is 4.72 Å². The predicted molar refractivity (Wildman–Crippen MR) is 75.6 cm³/mol. The molecule has 3 N–H and O–H groups in total. The van der Waals surface area contributed by atoms with E-state index in [1.807, 2.05) is 0 Å². The van der Waals surface area contributed by atoms with Crippen LogP contribution in [0.1, 0.15) is 5.56 Å². The highest BCUT2D eigenvalue weighted by Crippen LogP contribution is 2.20. The third-order valence-electron chi connectivity index (χ3n) is 2.45. The summed E-state index contributed by atoms with van der Waals surface area (Å²) in [5, 5.41) is 0.437. The zero-order chi connectivity index (χ0) is 14.0. The molecule has 0 aliphatic heterocycles. The van der Waals surface area contributed by atoms with Gasteiger partial charge in [0.1, 0.15) is 5.82 Å². The molecule has 1 aromatic carbocycles. The second kappa shape index (κ2) is 5.07. The number of hydrogen-bond acceptors (Lipinski definition) is 4. The van der Waals surface area contributed by atoms with Crippen LogP contribution >= 0.6 is 11.6 Å². The molecular formula is C12H12ClN3O2S. The molecule has 1 heterocycles. The number of anilines is 2. The molecule has 0 spiro atoms. The van der Waals surface area contributed by atoms with Gasteiger partial charge in [-0.15, -0.1) is 0 Å². The molecule has 0 unspecified atom stereocenters. The van der Waals surface area contributed by atoms with Crippen molar-refractivity contribution in [1.82, 2.24) is 4.98 Å². The van der Waals surface area contributed by atoms with E-state index < -0.39 is 10.0 Å². The van der Waals surface area contributed by atoms with Crippen LogP contribution in [0.2, 0.25) is 5.02 Å². The van der Waals surface area contributed by atoms with E-state index in [9.17, 15) is 8.42 Å². The molecule has 19 heavy (non-hydrogen) atoms. The number of pyridine rings is 1. The third kappa shape index (κ3) is 3.15. The maximum Gasteiger partial charge on any atom is 0.263 e. The molecule has 0 fully saturated rings. The van der Waals surface area contributed by atoms with Crippen LogP contribution < -0.4 is 10.5 Å². The van der Waals surface area contributed by atoms with E-state index in [1.165, 1.54) is 24.4 Å². The Morgan fingerprint density at radius 1 is 1.26 bits per heavy atom. The lowest BCUT2D eigenvalue weighted by atomic mass is 10.2. The second-order valence-corrected chi connectivity index (χ2v) is 6.08. The number of aromatic nitrogens is 1. The summed E-state index contributed by atoms with van der Waals surface area (Å²) in [6, 6.07) is 7.65. The van der Waals surface area contributed by atoms with E-state index in [0.717, 1.165) is 0 Å². The average molecular weight is 298 g/mol. The predicted octanol–water partition coefficient (Wildman–Crippen LogP) is 2.43. The summed E-state index contributed by atoms with van der Waals surface area (Å²) >= 11 is 5.69. The van der Waals surface area contributed by atoms with Gasteiger partial charge in [-0.05, 0) is 42.8 Å². The Bertz CT molecular complexity index is 699. The van der Waals surface area contributed by atoms with Crippen LogP contribution in [0.5, 0.6) is 0 Å². The molecule has 0 aliphatic carbocycles. The first-order chi connectivity index (χ1) is 8.88. The van der Waals surface area contributed by atoms with E-state index in [-0.39, 0.29) is 10.7 Å². The highest BCUT2D eigenvalue weighted by Gasteiger charge is 2.17. The van der Waals surface area contributed by atoms with Crippen molar-refractivity contribution < 1.29 is 8.42 Å². The van der Waals surface area contributed by atoms with Gasteiger partial charge in [-0.2, -0.15) is 0 Å². The maximum atomic E-state index is 12.2. The van der Waals surface area contributed by atoms with Crippen molar-refractivity contribution in [3.63, 3.8) is 0 Å². The lowest BCUT2D eigenvalue weighted by Crippen LogP contribution is -2.15. The Balaban J connectivity index is 2.35. The van der Waals surface area contributed by atoms with Gasteiger partial charge in [0.2, 0.25) is 0 Å². The lowest BCUT2D eigenvalue weighted by Gasteiger charge is -2.10. The number of nitrogen functional groups attached to an aromatic ring is 1. The number of halogens is 1. The molecule has 7 heteroatoms. The van der Waals surface area contributed by atoms with Gasteiger partial charge < -0.3 is 5.73 Å². The first-order valence-electron chi connectivity index (χ1n) is 5.39. The van der Waals surface area contributed by atoms with Gasteiger partial charge in [-0.1, -0.05) is 11.6 Å². The van der Waals surface area contributed by atoms with Crippen LogP contribution in [0, 0.1) is 6.92 Å². The van der Waals surface area contributed by atoms with Gasteiger partial charge in [0.15, 0.2) is 0 Å². The largest absolute Gasteiger partial charge is 0.399 e. The van der Waals surface area contributed by atoms with Crippen molar-refractivity contribution in [2.24, 2.45) is 0 Å². The van der Waals surface area contributed by atoms with Gasteiger partial charge in [0.05, 0.1) is 9.92 Å². The molecule has 1 aromatic heterocycles. The molecule has 5 nitrogen and oxygen atoms in total. The highest BCUT2D eigenvalue weighted by atomic mass is 35.5. The number of nitrogens with zero attached hydrogens (tertiary/aromatic N) is 1. The van der Waals surface area contributed by atoms with Gasteiger partial charge in [-0.25, -0.2) is 13.4 Å². The molecule has 2 aromatic rings. The molecule has 0 atom stereocenters. The van der Waals surface area contributed by atoms with Crippen LogP contribution in [0.15, 0.2) is 41.4 Å². The fourth-order valence-electron chi connectivity index (χ4n) is 1.60. The average Bonchev–Trinajstić information content (AvgIpc) is 2.31. The number of rotatable bonds is 3. The summed E-state index contributed by atoms with van der Waals surface area (Å²) in [5.74, 6) is 0.209. The molecular weight excluding hydrogens is 286 g/mol. The zero-order valence-corrected chi connectivity index (χ0v) is 11.7. The van der Waals surface area contributed by atoms with Crippen molar-refractivity contribution in [2.45, 2.75) is 11.8 Å². The fourth-order valence-corrected chi connectivity index (χ4v) is 2.95. The number of nitrogens with one attached hydrogen (secondary N) is 1. The van der Waals surface area contributed by atoms with E-state index in [4.69, 9.17) is 17.3 Å². The first-order valence-corrected chi connectivity index (χ1v) is 7.25. The van der Waals surface area contributed by atoms with Crippen LogP contribution in [-0.4, -0.2) is 13.4 Å². The molecule has 0 bridgehead atoms. The van der Waals surface area contributed by atoms with Gasteiger partial charge >= 0.3 is 0 Å². The summed E-state index contributed by atoms with van der Waals surface area (Å²) in [6.07, 6.45) is 1.37. The fraction of sp³-hybridized carbons (Fsp3) is 0.0833. The summed E-state index contributed by atoms with van der Waals surface area (Å²) in [4.78, 5) is 4.05. The second-order valence-electron chi connectivity index (χ2n) is 3.99. The number of hydrogen-bond donors (Lipinski definition) is 2. The molecule has 2 rings (SSSR count). The standard InChI is InChI=1S/C12H12ClN3O2S/c1-8-6-10(14)3-4-11(8)19(17,18)16-12-5-2-9(13)7-15-12/h2-7H,14H2,1H3,(H,15,16). The normalized spacial score (nSPS) is 11.3.